The van der Waals surface area contributed by atoms with Crippen molar-refractivity contribution in [1.82, 2.24) is 19.6 Å². The number of hydrogen-bond donors (Lipinski definition) is 1. The van der Waals surface area contributed by atoms with Gasteiger partial charge in [-0.15, -0.1) is 11.3 Å². The monoisotopic (exact) mass is 382 g/mol. The first-order chi connectivity index (χ1) is 13.2. The Morgan fingerprint density at radius 3 is 3.11 bits per heavy atom. The van der Waals surface area contributed by atoms with Crippen molar-refractivity contribution in [1.29, 1.82) is 0 Å². The Morgan fingerprint density at radius 1 is 1.33 bits per heavy atom. The van der Waals surface area contributed by atoms with Crippen molar-refractivity contribution in [3.05, 3.63) is 58.2 Å². The molecule has 1 N–H and O–H groups in total. The van der Waals surface area contributed by atoms with Crippen LogP contribution in [-0.2, 0) is 13.0 Å². The molecule has 1 saturated heterocycles. The van der Waals surface area contributed by atoms with E-state index in [0.29, 0.717) is 12.6 Å². The molecule has 6 heteroatoms. The highest BCUT2D eigenvalue weighted by atomic mass is 32.1. The lowest BCUT2D eigenvalue weighted by Gasteiger charge is -2.35. The van der Waals surface area contributed by atoms with E-state index in [-0.39, 0.29) is 6.03 Å². The highest BCUT2D eigenvalue weighted by Crippen LogP contribution is 2.23. The Balaban J connectivity index is 1.38. The van der Waals surface area contributed by atoms with E-state index in [1.54, 1.807) is 11.3 Å². The number of carbonyl (C=O) groups excluding carboxylic acids is 1. The maximum atomic E-state index is 12.9. The molecular formula is C21H26N4OS. The molecule has 1 unspecified atom stereocenters. The number of nitrogens with zero attached hydrogens (tertiary/aromatic N) is 3. The summed E-state index contributed by atoms with van der Waals surface area (Å²) in [4.78, 5) is 20.8. The van der Waals surface area contributed by atoms with Crippen LogP contribution in [0.4, 0.5) is 4.79 Å². The Hall–Kier alpha value is -2.34. The van der Waals surface area contributed by atoms with Gasteiger partial charge in [0.2, 0.25) is 0 Å². The van der Waals surface area contributed by atoms with Crippen molar-refractivity contribution >= 4 is 23.0 Å². The quantitative estimate of drug-likeness (QED) is 0.711. The largest absolute Gasteiger partial charge is 0.332 e. The summed E-state index contributed by atoms with van der Waals surface area (Å²) in [5.74, 6) is 0. The lowest BCUT2D eigenvalue weighted by molar-refractivity contribution is 0.146. The minimum Gasteiger partial charge on any atom is -0.332 e. The van der Waals surface area contributed by atoms with E-state index in [2.05, 4.69) is 45.2 Å². The van der Waals surface area contributed by atoms with Crippen LogP contribution in [-0.4, -0.2) is 32.9 Å². The number of nitrogens with one attached hydrogen (secondary N) is 1. The molecule has 0 spiro atoms. The van der Waals surface area contributed by atoms with Crippen molar-refractivity contribution in [2.24, 2.45) is 0 Å². The fourth-order valence-corrected chi connectivity index (χ4v) is 4.66. The third-order valence-electron chi connectivity index (χ3n) is 5.42. The second-order valence-corrected chi connectivity index (χ2v) is 8.29. The first kappa shape index (κ1) is 18.0. The summed E-state index contributed by atoms with van der Waals surface area (Å²) in [7, 11) is 0. The minimum absolute atomic E-state index is 0.0495. The van der Waals surface area contributed by atoms with Gasteiger partial charge in [-0.25, -0.2) is 9.78 Å². The molecule has 142 valence electrons. The van der Waals surface area contributed by atoms with Gasteiger partial charge in [-0.05, 0) is 62.1 Å². The topological polar surface area (TPSA) is 49.6 Å². The Bertz CT molecular complexity index is 902. The van der Waals surface area contributed by atoms with Gasteiger partial charge in [0, 0.05) is 23.7 Å². The van der Waals surface area contributed by atoms with E-state index in [1.807, 2.05) is 23.4 Å². The molecule has 0 radical (unpaired) electrons. The maximum Gasteiger partial charge on any atom is 0.317 e. The molecule has 4 rings (SSSR count). The Morgan fingerprint density at radius 2 is 2.26 bits per heavy atom. The summed E-state index contributed by atoms with van der Waals surface area (Å²) < 4.78 is 2.06. The average molecular weight is 383 g/mol. The van der Waals surface area contributed by atoms with Crippen molar-refractivity contribution < 1.29 is 4.79 Å². The molecule has 5 nitrogen and oxygen atoms in total. The molecule has 2 amide bonds. The highest BCUT2D eigenvalue weighted by molar-refractivity contribution is 7.09. The van der Waals surface area contributed by atoms with E-state index in [9.17, 15) is 4.79 Å². The number of likely N-dealkylation sites (tertiary alicyclic amines) is 1. The molecule has 0 aromatic carbocycles. The van der Waals surface area contributed by atoms with Crippen LogP contribution < -0.4 is 5.32 Å². The normalized spacial score (nSPS) is 17.4. The Labute approximate surface area is 164 Å². The molecule has 1 atom stereocenters. The fourth-order valence-electron chi connectivity index (χ4n) is 3.93. The number of imidazole rings is 1. The van der Waals surface area contributed by atoms with E-state index < -0.39 is 0 Å². The summed E-state index contributed by atoms with van der Waals surface area (Å²) in [6.07, 6.45) is 9.37. The van der Waals surface area contributed by atoms with Crippen molar-refractivity contribution in [2.45, 2.75) is 51.6 Å². The summed E-state index contributed by atoms with van der Waals surface area (Å²) >= 11 is 1.80. The lowest BCUT2D eigenvalue weighted by atomic mass is 9.98. The minimum atomic E-state index is 0.0495. The predicted molar refractivity (Wildman–Crippen MR) is 109 cm³/mol. The number of urea groups is 1. The number of piperidine rings is 1. The number of pyridine rings is 1. The van der Waals surface area contributed by atoms with Crippen LogP contribution in [0.5, 0.6) is 0 Å². The maximum absolute atomic E-state index is 12.9. The summed E-state index contributed by atoms with van der Waals surface area (Å²) in [5, 5.41) is 5.24. The number of aryl methyl sites for hydroxylation is 2. The van der Waals surface area contributed by atoms with Gasteiger partial charge >= 0.3 is 6.03 Å². The number of amides is 2. The standard InChI is InChI=1S/C21H26N4OS/c1-16-6-4-12-24-18(14-22-20(16)24)15-23-21(26)25-11-3-2-7-17(25)9-10-19-8-5-13-27-19/h4-6,8,12-14,17H,2-3,7,9-11,15H2,1H3,(H,23,26). The van der Waals surface area contributed by atoms with Gasteiger partial charge in [-0.1, -0.05) is 12.1 Å². The van der Waals surface area contributed by atoms with Gasteiger partial charge in [0.1, 0.15) is 5.65 Å². The van der Waals surface area contributed by atoms with Gasteiger partial charge in [0.25, 0.3) is 0 Å². The van der Waals surface area contributed by atoms with E-state index in [4.69, 9.17) is 0 Å². The smallest absolute Gasteiger partial charge is 0.317 e. The average Bonchev–Trinajstić information content (AvgIpc) is 3.35. The third-order valence-corrected chi connectivity index (χ3v) is 6.36. The molecule has 1 aliphatic rings. The zero-order valence-electron chi connectivity index (χ0n) is 15.7. The predicted octanol–water partition coefficient (Wildman–Crippen LogP) is 4.40. The number of fused-ring (bicyclic) bond motifs is 1. The molecule has 1 fully saturated rings. The van der Waals surface area contributed by atoms with Crippen LogP contribution in [0, 0.1) is 6.92 Å². The van der Waals surface area contributed by atoms with Gasteiger partial charge in [0.05, 0.1) is 18.4 Å². The molecule has 0 aliphatic carbocycles. The van der Waals surface area contributed by atoms with E-state index >= 15 is 0 Å². The highest BCUT2D eigenvalue weighted by Gasteiger charge is 2.26. The number of aromatic nitrogens is 2. The van der Waals surface area contributed by atoms with Crippen LogP contribution >= 0.6 is 11.3 Å². The SMILES string of the molecule is Cc1cccn2c(CNC(=O)N3CCCCC3CCc3cccs3)cnc12. The summed E-state index contributed by atoms with van der Waals surface area (Å²) in [6.45, 7) is 3.40. The van der Waals surface area contributed by atoms with Crippen LogP contribution in [0.15, 0.2) is 42.0 Å². The molecule has 3 aromatic rings. The van der Waals surface area contributed by atoms with Crippen LogP contribution in [0.1, 0.15) is 41.8 Å². The van der Waals surface area contributed by atoms with Gasteiger partial charge < -0.3 is 14.6 Å². The number of hydrogen-bond acceptors (Lipinski definition) is 3. The van der Waals surface area contributed by atoms with Crippen molar-refractivity contribution in [2.75, 3.05) is 6.54 Å². The van der Waals surface area contributed by atoms with Gasteiger partial charge in [0.15, 0.2) is 0 Å². The van der Waals surface area contributed by atoms with E-state index in [1.165, 1.54) is 11.3 Å². The number of thiophene rings is 1. The van der Waals surface area contributed by atoms with E-state index in [0.717, 1.165) is 49.1 Å². The molecule has 1 aliphatic heterocycles. The second-order valence-electron chi connectivity index (χ2n) is 7.25. The third kappa shape index (κ3) is 4.00. The summed E-state index contributed by atoms with van der Waals surface area (Å²) in [5.41, 5.74) is 3.10. The zero-order chi connectivity index (χ0) is 18.6. The van der Waals surface area contributed by atoms with Gasteiger partial charge in [-0.2, -0.15) is 0 Å². The first-order valence-corrected chi connectivity index (χ1v) is 10.6. The molecule has 27 heavy (non-hydrogen) atoms. The lowest BCUT2D eigenvalue weighted by Crippen LogP contribution is -2.48. The van der Waals surface area contributed by atoms with Crippen molar-refractivity contribution in [3.8, 4) is 0 Å². The number of rotatable bonds is 5. The van der Waals surface area contributed by atoms with Crippen LogP contribution in [0.2, 0.25) is 0 Å². The van der Waals surface area contributed by atoms with Crippen LogP contribution in [0.25, 0.3) is 5.65 Å². The Kier molecular flexibility index (Phi) is 5.43. The van der Waals surface area contributed by atoms with Crippen molar-refractivity contribution in [3.63, 3.8) is 0 Å². The van der Waals surface area contributed by atoms with Gasteiger partial charge in [-0.3, -0.25) is 0 Å². The zero-order valence-corrected chi connectivity index (χ0v) is 16.5. The second kappa shape index (κ2) is 8.13. The first-order valence-electron chi connectivity index (χ1n) is 9.71. The number of carbonyl (C=O) groups is 1. The molecular weight excluding hydrogens is 356 g/mol. The molecule has 0 bridgehead atoms. The fraction of sp³-hybridized carbons (Fsp3) is 0.429. The van der Waals surface area contributed by atoms with Crippen LogP contribution in [0.3, 0.4) is 0 Å². The molecule has 0 saturated carbocycles. The molecule has 4 heterocycles. The molecule has 3 aromatic heterocycles. The summed E-state index contributed by atoms with van der Waals surface area (Å²) in [6, 6.07) is 8.74.